The Balaban J connectivity index is 2.30. The average molecular weight is 244 g/mol. The minimum absolute atomic E-state index is 0.00606. The van der Waals surface area contributed by atoms with Crippen LogP contribution in [0.4, 0.5) is 0 Å². The van der Waals surface area contributed by atoms with E-state index in [0.29, 0.717) is 6.54 Å². The van der Waals surface area contributed by atoms with Crippen molar-refractivity contribution in [2.45, 2.75) is 13.5 Å². The summed E-state index contributed by atoms with van der Waals surface area (Å²) in [4.78, 5) is 26.7. The van der Waals surface area contributed by atoms with Crippen LogP contribution in [-0.4, -0.2) is 20.6 Å². The lowest BCUT2D eigenvalue weighted by molar-refractivity contribution is 0.0696. The van der Waals surface area contributed by atoms with Crippen LogP contribution in [0.3, 0.4) is 0 Å². The molecule has 0 bridgehead atoms. The Morgan fingerprint density at radius 2 is 2.17 bits per heavy atom. The van der Waals surface area contributed by atoms with Crippen molar-refractivity contribution < 1.29 is 9.90 Å². The van der Waals surface area contributed by atoms with Crippen molar-refractivity contribution in [1.82, 2.24) is 9.55 Å². The molecule has 0 saturated carbocycles. The predicted molar refractivity (Wildman–Crippen MR) is 65.7 cm³/mol. The molecular weight excluding hydrogens is 232 g/mol. The number of aryl methyl sites for hydroxylation is 1. The zero-order valence-corrected chi connectivity index (χ0v) is 9.83. The van der Waals surface area contributed by atoms with Crippen molar-refractivity contribution in [2.24, 2.45) is 0 Å². The van der Waals surface area contributed by atoms with Gasteiger partial charge in [-0.1, -0.05) is 6.07 Å². The highest BCUT2D eigenvalue weighted by Crippen LogP contribution is 2.01. The molecule has 0 radical (unpaired) electrons. The van der Waals surface area contributed by atoms with Gasteiger partial charge in [-0.25, -0.2) is 4.79 Å². The molecule has 1 N–H and O–H groups in total. The van der Waals surface area contributed by atoms with Gasteiger partial charge in [0.1, 0.15) is 0 Å². The third-order valence-electron chi connectivity index (χ3n) is 2.52. The monoisotopic (exact) mass is 244 g/mol. The Labute approximate surface area is 103 Å². The SMILES string of the molecule is Cc1cccc(Cn2ccc(C(=O)O)cc2=O)n1. The first-order valence-electron chi connectivity index (χ1n) is 5.42. The zero-order valence-electron chi connectivity index (χ0n) is 9.83. The third-order valence-corrected chi connectivity index (χ3v) is 2.52. The molecule has 0 amide bonds. The highest BCUT2D eigenvalue weighted by Gasteiger charge is 2.05. The predicted octanol–water partition coefficient (Wildman–Crippen LogP) is 1.30. The van der Waals surface area contributed by atoms with Crippen LogP contribution in [0.5, 0.6) is 0 Å². The van der Waals surface area contributed by atoms with Crippen molar-refractivity contribution >= 4 is 5.97 Å². The molecule has 0 aliphatic carbocycles. The van der Waals surface area contributed by atoms with Gasteiger partial charge in [-0.15, -0.1) is 0 Å². The molecule has 5 heteroatoms. The Morgan fingerprint density at radius 3 is 2.78 bits per heavy atom. The van der Waals surface area contributed by atoms with E-state index in [0.717, 1.165) is 17.5 Å². The van der Waals surface area contributed by atoms with Gasteiger partial charge in [-0.2, -0.15) is 0 Å². The van der Waals surface area contributed by atoms with Gasteiger partial charge in [0, 0.05) is 18.0 Å². The van der Waals surface area contributed by atoms with Gasteiger partial charge in [-0.05, 0) is 25.1 Å². The Morgan fingerprint density at radius 1 is 1.39 bits per heavy atom. The maximum Gasteiger partial charge on any atom is 0.335 e. The summed E-state index contributed by atoms with van der Waals surface area (Å²) in [6.07, 6.45) is 1.47. The summed E-state index contributed by atoms with van der Waals surface area (Å²) in [5, 5.41) is 8.77. The molecule has 0 unspecified atom stereocenters. The van der Waals surface area contributed by atoms with Crippen molar-refractivity contribution in [3.63, 3.8) is 0 Å². The molecule has 2 heterocycles. The molecule has 92 valence electrons. The van der Waals surface area contributed by atoms with E-state index in [4.69, 9.17) is 5.11 Å². The van der Waals surface area contributed by atoms with Gasteiger partial charge in [-0.3, -0.25) is 9.78 Å². The average Bonchev–Trinajstić information content (AvgIpc) is 2.31. The smallest absolute Gasteiger partial charge is 0.335 e. The topological polar surface area (TPSA) is 72.2 Å². The molecule has 0 spiro atoms. The summed E-state index contributed by atoms with van der Waals surface area (Å²) in [5.41, 5.74) is 1.29. The minimum atomic E-state index is -1.10. The number of aromatic carboxylic acids is 1. The highest BCUT2D eigenvalue weighted by atomic mass is 16.4. The van der Waals surface area contributed by atoms with Crippen LogP contribution in [0.2, 0.25) is 0 Å². The number of hydrogen-bond donors (Lipinski definition) is 1. The first-order valence-corrected chi connectivity index (χ1v) is 5.42. The van der Waals surface area contributed by atoms with Crippen molar-refractivity contribution in [3.8, 4) is 0 Å². The van der Waals surface area contributed by atoms with E-state index >= 15 is 0 Å². The van der Waals surface area contributed by atoms with E-state index < -0.39 is 5.97 Å². The second-order valence-electron chi connectivity index (χ2n) is 3.96. The summed E-state index contributed by atoms with van der Waals surface area (Å²) in [6, 6.07) is 8.08. The summed E-state index contributed by atoms with van der Waals surface area (Å²) in [6.45, 7) is 2.21. The summed E-state index contributed by atoms with van der Waals surface area (Å²) in [7, 11) is 0. The van der Waals surface area contributed by atoms with E-state index in [1.807, 2.05) is 25.1 Å². The molecule has 0 saturated heterocycles. The maximum atomic E-state index is 11.7. The number of carbonyl (C=O) groups is 1. The molecule has 5 nitrogen and oxygen atoms in total. The zero-order chi connectivity index (χ0) is 13.1. The number of aromatic nitrogens is 2. The molecule has 2 rings (SSSR count). The first kappa shape index (κ1) is 12.0. The summed E-state index contributed by atoms with van der Waals surface area (Å²) >= 11 is 0. The van der Waals surface area contributed by atoms with E-state index in [9.17, 15) is 9.59 Å². The van der Waals surface area contributed by atoms with Crippen LogP contribution >= 0.6 is 0 Å². The Hall–Kier alpha value is -2.43. The normalized spacial score (nSPS) is 10.3. The lowest BCUT2D eigenvalue weighted by atomic mass is 10.2. The van der Waals surface area contributed by atoms with Crippen LogP contribution in [0.25, 0.3) is 0 Å². The molecular formula is C13H12N2O3. The molecule has 0 atom stereocenters. The quantitative estimate of drug-likeness (QED) is 0.883. The van der Waals surface area contributed by atoms with Crippen LogP contribution in [0, 0.1) is 6.92 Å². The lowest BCUT2D eigenvalue weighted by Crippen LogP contribution is -2.21. The molecule has 0 aliphatic rings. The first-order chi connectivity index (χ1) is 8.56. The second kappa shape index (κ2) is 4.83. The van der Waals surface area contributed by atoms with E-state index in [2.05, 4.69) is 4.98 Å². The minimum Gasteiger partial charge on any atom is -0.478 e. The fourth-order valence-electron chi connectivity index (χ4n) is 1.63. The van der Waals surface area contributed by atoms with Gasteiger partial charge in [0.2, 0.25) is 0 Å². The number of pyridine rings is 2. The number of carboxylic acids is 1. The van der Waals surface area contributed by atoms with E-state index in [1.165, 1.54) is 16.8 Å². The maximum absolute atomic E-state index is 11.7. The van der Waals surface area contributed by atoms with Crippen LogP contribution in [0.1, 0.15) is 21.7 Å². The lowest BCUT2D eigenvalue weighted by Gasteiger charge is -2.06. The van der Waals surface area contributed by atoms with Crippen LogP contribution < -0.4 is 5.56 Å². The number of rotatable bonds is 3. The highest BCUT2D eigenvalue weighted by molar-refractivity contribution is 5.87. The van der Waals surface area contributed by atoms with Gasteiger partial charge in [0.25, 0.3) is 5.56 Å². The second-order valence-corrected chi connectivity index (χ2v) is 3.96. The van der Waals surface area contributed by atoms with E-state index in [1.54, 1.807) is 0 Å². The third kappa shape index (κ3) is 2.63. The van der Waals surface area contributed by atoms with Crippen molar-refractivity contribution in [1.29, 1.82) is 0 Å². The standard InChI is InChI=1S/C13H12N2O3/c1-9-3-2-4-11(14-9)8-15-6-5-10(13(17)18)7-12(15)16/h2-7H,8H2,1H3,(H,17,18). The largest absolute Gasteiger partial charge is 0.478 e. The van der Waals surface area contributed by atoms with Gasteiger partial charge in [0.05, 0.1) is 17.8 Å². The molecule has 0 fully saturated rings. The summed E-state index contributed by atoms with van der Waals surface area (Å²) in [5.74, 6) is -1.10. The van der Waals surface area contributed by atoms with Crippen LogP contribution in [0.15, 0.2) is 41.3 Å². The van der Waals surface area contributed by atoms with Crippen LogP contribution in [-0.2, 0) is 6.54 Å². The fraction of sp³-hybridized carbons (Fsp3) is 0.154. The molecule has 0 aliphatic heterocycles. The van der Waals surface area contributed by atoms with Gasteiger partial charge >= 0.3 is 5.97 Å². The number of hydrogen-bond acceptors (Lipinski definition) is 3. The Kier molecular flexibility index (Phi) is 3.23. The van der Waals surface area contributed by atoms with Gasteiger partial charge in [0.15, 0.2) is 0 Å². The molecule has 0 aromatic carbocycles. The number of carboxylic acid groups (broad SMARTS) is 1. The fourth-order valence-corrected chi connectivity index (χ4v) is 1.63. The molecule has 2 aromatic heterocycles. The number of nitrogens with zero attached hydrogens (tertiary/aromatic N) is 2. The summed E-state index contributed by atoms with van der Waals surface area (Å²) < 4.78 is 1.42. The van der Waals surface area contributed by atoms with Gasteiger partial charge < -0.3 is 9.67 Å². The van der Waals surface area contributed by atoms with Crippen molar-refractivity contribution in [3.05, 3.63) is 63.8 Å². The molecule has 2 aromatic rings. The Bertz CT molecular complexity index is 647. The van der Waals surface area contributed by atoms with Crippen molar-refractivity contribution in [2.75, 3.05) is 0 Å². The van der Waals surface area contributed by atoms with E-state index in [-0.39, 0.29) is 11.1 Å². The molecule has 18 heavy (non-hydrogen) atoms.